The van der Waals surface area contributed by atoms with Crippen molar-refractivity contribution in [3.05, 3.63) is 65.2 Å². The lowest BCUT2D eigenvalue weighted by Gasteiger charge is -2.07. The number of esters is 1. The molecule has 1 heterocycles. The second kappa shape index (κ2) is 7.65. The largest absolute Gasteiger partial charge is 0.463 e. The third kappa shape index (κ3) is 3.97. The monoisotopic (exact) mass is 349 g/mol. The molecule has 3 N–H and O–H groups in total. The quantitative estimate of drug-likeness (QED) is 0.828. The number of aliphatic imine (C=N–C) groups is 1. The molecule has 6 heteroatoms. The maximum Gasteiger partial charge on any atom is 0.334 e. The lowest BCUT2D eigenvalue weighted by molar-refractivity contribution is -0.138. The molecule has 0 saturated carbocycles. The van der Waals surface area contributed by atoms with Crippen LogP contribution >= 0.6 is 0 Å². The summed E-state index contributed by atoms with van der Waals surface area (Å²) in [4.78, 5) is 28.8. The van der Waals surface area contributed by atoms with Crippen molar-refractivity contribution in [1.82, 2.24) is 0 Å². The van der Waals surface area contributed by atoms with Crippen molar-refractivity contribution in [1.29, 1.82) is 0 Å². The standard InChI is InChI=1S/C20H19N3O3/c1-2-26-20(25)15-10-13-8-9-14(11-17(13)23-18(21)12-15)19(24)22-16-6-4-3-5-7-16/h3-11H,2,12H2,1H3,(H2,21,23)(H,22,24). The molecule has 0 unspecified atom stereocenters. The highest BCUT2D eigenvalue weighted by Gasteiger charge is 2.18. The first-order valence-electron chi connectivity index (χ1n) is 8.28. The predicted octanol–water partition coefficient (Wildman–Crippen LogP) is 3.28. The van der Waals surface area contributed by atoms with Gasteiger partial charge in [0.05, 0.1) is 12.3 Å². The summed E-state index contributed by atoms with van der Waals surface area (Å²) in [7, 11) is 0. The Balaban J connectivity index is 1.89. The molecule has 0 spiro atoms. The Kier molecular flexibility index (Phi) is 5.12. The van der Waals surface area contributed by atoms with Crippen molar-refractivity contribution in [3.63, 3.8) is 0 Å². The molecule has 0 bridgehead atoms. The molecule has 2 aromatic carbocycles. The zero-order valence-corrected chi connectivity index (χ0v) is 14.4. The maximum absolute atomic E-state index is 12.4. The van der Waals surface area contributed by atoms with Gasteiger partial charge in [0.1, 0.15) is 5.84 Å². The molecule has 0 fully saturated rings. The molecule has 0 aromatic heterocycles. The van der Waals surface area contributed by atoms with Gasteiger partial charge in [-0.05, 0) is 37.3 Å². The minimum atomic E-state index is -0.413. The number of para-hydroxylation sites is 1. The number of carbonyl (C=O) groups is 2. The highest BCUT2D eigenvalue weighted by Crippen LogP contribution is 2.28. The molecule has 0 radical (unpaired) electrons. The van der Waals surface area contributed by atoms with Gasteiger partial charge in [-0.3, -0.25) is 4.79 Å². The first-order chi connectivity index (χ1) is 12.6. The smallest absolute Gasteiger partial charge is 0.334 e. The van der Waals surface area contributed by atoms with Crippen LogP contribution in [0.15, 0.2) is 59.1 Å². The summed E-state index contributed by atoms with van der Waals surface area (Å²) in [6.45, 7) is 2.04. The average molecular weight is 349 g/mol. The van der Waals surface area contributed by atoms with E-state index in [1.165, 1.54) is 0 Å². The predicted molar refractivity (Wildman–Crippen MR) is 101 cm³/mol. The molecule has 0 atom stereocenters. The van der Waals surface area contributed by atoms with E-state index < -0.39 is 5.97 Å². The molecular formula is C20H19N3O3. The van der Waals surface area contributed by atoms with Gasteiger partial charge in [-0.1, -0.05) is 24.3 Å². The van der Waals surface area contributed by atoms with Gasteiger partial charge < -0.3 is 15.8 Å². The Morgan fingerprint density at radius 1 is 1.19 bits per heavy atom. The number of nitrogens with zero attached hydrogens (tertiary/aromatic N) is 1. The van der Waals surface area contributed by atoms with Crippen LogP contribution < -0.4 is 11.1 Å². The number of nitrogens with two attached hydrogens (primary N) is 1. The first kappa shape index (κ1) is 17.4. The second-order valence-electron chi connectivity index (χ2n) is 5.76. The summed E-state index contributed by atoms with van der Waals surface area (Å²) in [5, 5.41) is 2.83. The molecule has 26 heavy (non-hydrogen) atoms. The number of carbonyl (C=O) groups excluding carboxylic acids is 2. The molecule has 132 valence electrons. The SMILES string of the molecule is CCOC(=O)C1=Cc2ccc(C(=O)Nc3ccccc3)cc2N=C(N)C1. The number of amides is 1. The van der Waals surface area contributed by atoms with Crippen LogP contribution in [-0.2, 0) is 9.53 Å². The second-order valence-corrected chi connectivity index (χ2v) is 5.76. The van der Waals surface area contributed by atoms with E-state index in [1.807, 2.05) is 30.3 Å². The molecule has 2 aromatic rings. The minimum absolute atomic E-state index is 0.207. The van der Waals surface area contributed by atoms with Gasteiger partial charge in [0.25, 0.3) is 5.91 Å². The normalized spacial score (nSPS) is 13.0. The van der Waals surface area contributed by atoms with E-state index in [-0.39, 0.29) is 12.3 Å². The van der Waals surface area contributed by atoms with Gasteiger partial charge >= 0.3 is 5.97 Å². The van der Waals surface area contributed by atoms with Crippen LogP contribution in [0.4, 0.5) is 11.4 Å². The summed E-state index contributed by atoms with van der Waals surface area (Å²) < 4.78 is 5.05. The summed E-state index contributed by atoms with van der Waals surface area (Å²) >= 11 is 0. The fraction of sp³-hybridized carbons (Fsp3) is 0.150. The summed E-state index contributed by atoms with van der Waals surface area (Å²) in [6.07, 6.45) is 1.91. The Labute approximate surface area is 151 Å². The molecule has 6 nitrogen and oxygen atoms in total. The third-order valence-corrected chi connectivity index (χ3v) is 3.83. The Bertz CT molecular complexity index is 902. The first-order valence-corrected chi connectivity index (χ1v) is 8.28. The van der Waals surface area contributed by atoms with E-state index in [0.29, 0.717) is 40.5 Å². The van der Waals surface area contributed by atoms with Gasteiger partial charge in [-0.25, -0.2) is 9.79 Å². The van der Waals surface area contributed by atoms with Gasteiger partial charge in [-0.2, -0.15) is 0 Å². The van der Waals surface area contributed by atoms with Crippen molar-refractivity contribution in [2.24, 2.45) is 10.7 Å². The highest BCUT2D eigenvalue weighted by molar-refractivity contribution is 6.07. The van der Waals surface area contributed by atoms with Crippen LogP contribution in [0.5, 0.6) is 0 Å². The molecular weight excluding hydrogens is 330 g/mol. The molecule has 3 rings (SSSR count). The Morgan fingerprint density at radius 2 is 1.96 bits per heavy atom. The lowest BCUT2D eigenvalue weighted by Crippen LogP contribution is -2.16. The Morgan fingerprint density at radius 3 is 2.69 bits per heavy atom. The van der Waals surface area contributed by atoms with Crippen molar-refractivity contribution >= 4 is 35.2 Å². The highest BCUT2D eigenvalue weighted by atomic mass is 16.5. The van der Waals surface area contributed by atoms with Gasteiger partial charge in [0.15, 0.2) is 0 Å². The van der Waals surface area contributed by atoms with Crippen molar-refractivity contribution in [2.75, 3.05) is 11.9 Å². The molecule has 1 aliphatic rings. The van der Waals surface area contributed by atoms with Gasteiger partial charge in [0.2, 0.25) is 0 Å². The van der Waals surface area contributed by atoms with E-state index in [2.05, 4.69) is 10.3 Å². The number of fused-ring (bicyclic) bond motifs is 1. The van der Waals surface area contributed by atoms with Crippen molar-refractivity contribution in [2.45, 2.75) is 13.3 Å². The van der Waals surface area contributed by atoms with Crippen molar-refractivity contribution in [3.8, 4) is 0 Å². The number of rotatable bonds is 4. The number of hydrogen-bond acceptors (Lipinski definition) is 5. The fourth-order valence-electron chi connectivity index (χ4n) is 2.61. The van der Waals surface area contributed by atoms with Crippen LogP contribution in [0.25, 0.3) is 6.08 Å². The van der Waals surface area contributed by atoms with Gasteiger partial charge in [-0.15, -0.1) is 0 Å². The maximum atomic E-state index is 12.4. The molecule has 1 amide bonds. The molecule has 0 aliphatic carbocycles. The Hall–Kier alpha value is -3.41. The van der Waals surface area contributed by atoms with Crippen LogP contribution in [0, 0.1) is 0 Å². The van der Waals surface area contributed by atoms with E-state index >= 15 is 0 Å². The van der Waals surface area contributed by atoms with Crippen LogP contribution in [-0.4, -0.2) is 24.3 Å². The lowest BCUT2D eigenvalue weighted by atomic mass is 10.1. The zero-order valence-electron chi connectivity index (χ0n) is 14.4. The number of hydrogen-bond donors (Lipinski definition) is 2. The number of benzene rings is 2. The molecule has 0 saturated heterocycles. The number of ether oxygens (including phenoxy) is 1. The summed E-state index contributed by atoms with van der Waals surface area (Å²) in [5.74, 6) is -0.361. The molecule has 1 aliphatic heterocycles. The topological polar surface area (TPSA) is 93.8 Å². The summed E-state index contributed by atoms with van der Waals surface area (Å²) in [5.41, 5.74) is 8.78. The van der Waals surface area contributed by atoms with Crippen LogP contribution in [0.3, 0.4) is 0 Å². The van der Waals surface area contributed by atoms with E-state index in [0.717, 1.165) is 0 Å². The summed E-state index contributed by atoms with van der Waals surface area (Å²) in [6, 6.07) is 14.3. The minimum Gasteiger partial charge on any atom is -0.463 e. The zero-order chi connectivity index (χ0) is 18.5. The van der Waals surface area contributed by atoms with E-state index in [4.69, 9.17) is 10.5 Å². The van der Waals surface area contributed by atoms with E-state index in [9.17, 15) is 9.59 Å². The average Bonchev–Trinajstić information content (AvgIpc) is 2.80. The van der Waals surface area contributed by atoms with Crippen LogP contribution in [0.2, 0.25) is 0 Å². The van der Waals surface area contributed by atoms with Gasteiger partial charge in [0, 0.05) is 28.8 Å². The fourth-order valence-corrected chi connectivity index (χ4v) is 2.61. The number of nitrogens with one attached hydrogen (secondary N) is 1. The third-order valence-electron chi connectivity index (χ3n) is 3.83. The van der Waals surface area contributed by atoms with E-state index in [1.54, 1.807) is 31.2 Å². The van der Waals surface area contributed by atoms with Crippen molar-refractivity contribution < 1.29 is 14.3 Å². The number of anilines is 1. The van der Waals surface area contributed by atoms with Crippen LogP contribution in [0.1, 0.15) is 29.3 Å². The number of amidine groups is 1.